The molecule has 1 amide bonds. The monoisotopic (exact) mass is 256 g/mol. The first kappa shape index (κ1) is 15.0. The first-order valence-electron chi connectivity index (χ1n) is 6.82. The molecule has 2 N–H and O–H groups in total. The van der Waals surface area contributed by atoms with Crippen LogP contribution in [0.25, 0.3) is 0 Å². The van der Waals surface area contributed by atoms with Crippen LogP contribution in [0.3, 0.4) is 0 Å². The smallest absolute Gasteiger partial charge is 0.328 e. The summed E-state index contributed by atoms with van der Waals surface area (Å²) in [5.74, 6) is -0.432. The minimum atomic E-state index is -0.533. The van der Waals surface area contributed by atoms with Gasteiger partial charge in [0.05, 0.1) is 12.1 Å². The number of ether oxygens (including phenoxy) is 1. The zero-order valence-electron chi connectivity index (χ0n) is 11.5. The number of rotatable bonds is 6. The van der Waals surface area contributed by atoms with Crippen LogP contribution in [0.1, 0.15) is 46.5 Å². The van der Waals surface area contributed by atoms with Crippen LogP contribution < -0.4 is 10.6 Å². The molecule has 1 fully saturated rings. The Morgan fingerprint density at radius 1 is 1.39 bits per heavy atom. The Kier molecular flexibility index (Phi) is 6.12. The molecule has 18 heavy (non-hydrogen) atoms. The summed E-state index contributed by atoms with van der Waals surface area (Å²) >= 11 is 0. The van der Waals surface area contributed by atoms with Gasteiger partial charge < -0.3 is 15.4 Å². The molecule has 0 radical (unpaired) electrons. The van der Waals surface area contributed by atoms with Crippen LogP contribution >= 0.6 is 0 Å². The molecular weight excluding hydrogens is 232 g/mol. The molecule has 0 aliphatic carbocycles. The number of esters is 1. The van der Waals surface area contributed by atoms with Crippen molar-refractivity contribution in [3.63, 3.8) is 0 Å². The SMILES string of the molecule is CCC(C)OC(=O)[C@H](CC)NC(=O)[C@@H]1CCCN1. The van der Waals surface area contributed by atoms with Crippen LogP contribution in [0.5, 0.6) is 0 Å². The van der Waals surface area contributed by atoms with E-state index < -0.39 is 6.04 Å². The van der Waals surface area contributed by atoms with Crippen LogP contribution in [0.2, 0.25) is 0 Å². The molecule has 104 valence electrons. The summed E-state index contributed by atoms with van der Waals surface area (Å²) in [6, 6.07) is -0.690. The predicted molar refractivity (Wildman–Crippen MR) is 69.1 cm³/mol. The van der Waals surface area contributed by atoms with Gasteiger partial charge in [0.25, 0.3) is 0 Å². The summed E-state index contributed by atoms with van der Waals surface area (Å²) in [4.78, 5) is 23.7. The second-order valence-corrected chi connectivity index (χ2v) is 4.77. The Morgan fingerprint density at radius 2 is 2.11 bits per heavy atom. The lowest BCUT2D eigenvalue weighted by Crippen LogP contribution is -2.48. The molecule has 0 saturated carbocycles. The minimum absolute atomic E-state index is 0.0968. The summed E-state index contributed by atoms with van der Waals surface area (Å²) in [6.07, 6.45) is 3.07. The fourth-order valence-corrected chi connectivity index (χ4v) is 1.87. The van der Waals surface area contributed by atoms with Gasteiger partial charge in [-0.15, -0.1) is 0 Å². The maximum absolute atomic E-state index is 11.9. The molecule has 1 heterocycles. The highest BCUT2D eigenvalue weighted by Crippen LogP contribution is 2.07. The molecule has 0 spiro atoms. The third-order valence-corrected chi connectivity index (χ3v) is 3.28. The molecule has 0 aromatic carbocycles. The van der Waals surface area contributed by atoms with Gasteiger partial charge in [0, 0.05) is 0 Å². The Balaban J connectivity index is 2.44. The minimum Gasteiger partial charge on any atom is -0.461 e. The van der Waals surface area contributed by atoms with Gasteiger partial charge in [-0.25, -0.2) is 4.79 Å². The molecule has 1 saturated heterocycles. The highest BCUT2D eigenvalue weighted by Gasteiger charge is 2.27. The standard InChI is InChI=1S/C13H24N2O3/c1-4-9(3)18-13(17)10(5-2)15-12(16)11-7-6-8-14-11/h9-11,14H,4-8H2,1-3H3,(H,15,16)/t9?,10-,11-/m0/s1. The van der Waals surface area contributed by atoms with Crippen molar-refractivity contribution >= 4 is 11.9 Å². The molecule has 5 nitrogen and oxygen atoms in total. The largest absolute Gasteiger partial charge is 0.461 e. The summed E-state index contributed by atoms with van der Waals surface area (Å²) in [5.41, 5.74) is 0. The molecule has 1 rings (SSSR count). The average Bonchev–Trinajstić information content (AvgIpc) is 2.89. The van der Waals surface area contributed by atoms with E-state index in [4.69, 9.17) is 4.74 Å². The summed E-state index contributed by atoms with van der Waals surface area (Å²) in [6.45, 7) is 6.54. The number of nitrogens with one attached hydrogen (secondary N) is 2. The van der Waals surface area contributed by atoms with Gasteiger partial charge in [0.2, 0.25) is 5.91 Å². The van der Waals surface area contributed by atoms with Crippen molar-refractivity contribution in [1.82, 2.24) is 10.6 Å². The normalized spacial score (nSPS) is 22.3. The van der Waals surface area contributed by atoms with E-state index in [1.54, 1.807) is 0 Å². The molecule has 0 aromatic heterocycles. The van der Waals surface area contributed by atoms with Crippen molar-refractivity contribution in [2.75, 3.05) is 6.54 Å². The second kappa shape index (κ2) is 7.36. The average molecular weight is 256 g/mol. The topological polar surface area (TPSA) is 67.4 Å². The lowest BCUT2D eigenvalue weighted by Gasteiger charge is -2.20. The van der Waals surface area contributed by atoms with Crippen molar-refractivity contribution in [3.05, 3.63) is 0 Å². The Labute approximate surface area is 109 Å². The van der Waals surface area contributed by atoms with Crippen molar-refractivity contribution < 1.29 is 14.3 Å². The predicted octanol–water partition coefficient (Wildman–Crippen LogP) is 0.975. The summed E-state index contributed by atoms with van der Waals surface area (Å²) < 4.78 is 5.24. The molecule has 1 aliphatic rings. The van der Waals surface area contributed by atoms with Gasteiger partial charge >= 0.3 is 5.97 Å². The van der Waals surface area contributed by atoms with E-state index in [0.717, 1.165) is 25.8 Å². The van der Waals surface area contributed by atoms with E-state index in [0.29, 0.717) is 6.42 Å². The van der Waals surface area contributed by atoms with E-state index >= 15 is 0 Å². The zero-order valence-corrected chi connectivity index (χ0v) is 11.5. The van der Waals surface area contributed by atoms with E-state index in [-0.39, 0.29) is 24.0 Å². The second-order valence-electron chi connectivity index (χ2n) is 4.77. The molecule has 0 bridgehead atoms. The molecule has 0 aromatic rings. The highest BCUT2D eigenvalue weighted by molar-refractivity contribution is 5.87. The number of hydrogen-bond donors (Lipinski definition) is 2. The molecule has 3 atom stereocenters. The Morgan fingerprint density at radius 3 is 2.61 bits per heavy atom. The first-order chi connectivity index (χ1) is 8.58. The van der Waals surface area contributed by atoms with Crippen LogP contribution in [0.4, 0.5) is 0 Å². The molecule has 5 heteroatoms. The van der Waals surface area contributed by atoms with E-state index in [1.807, 2.05) is 20.8 Å². The summed E-state index contributed by atoms with van der Waals surface area (Å²) in [7, 11) is 0. The molecule has 1 aliphatic heterocycles. The van der Waals surface area contributed by atoms with Crippen LogP contribution in [-0.2, 0) is 14.3 Å². The van der Waals surface area contributed by atoms with Gasteiger partial charge in [-0.3, -0.25) is 4.79 Å². The Bertz CT molecular complexity index is 288. The van der Waals surface area contributed by atoms with Crippen molar-refractivity contribution in [2.24, 2.45) is 0 Å². The maximum Gasteiger partial charge on any atom is 0.328 e. The van der Waals surface area contributed by atoms with Gasteiger partial charge in [-0.2, -0.15) is 0 Å². The quantitative estimate of drug-likeness (QED) is 0.695. The van der Waals surface area contributed by atoms with Crippen LogP contribution in [-0.4, -0.2) is 36.6 Å². The molecular formula is C13H24N2O3. The first-order valence-corrected chi connectivity index (χ1v) is 6.82. The van der Waals surface area contributed by atoms with E-state index in [9.17, 15) is 9.59 Å². The van der Waals surface area contributed by atoms with Gasteiger partial charge in [-0.05, 0) is 39.2 Å². The number of hydrogen-bond acceptors (Lipinski definition) is 4. The number of carbonyl (C=O) groups is 2. The zero-order chi connectivity index (χ0) is 13.5. The van der Waals surface area contributed by atoms with Gasteiger partial charge in [0.1, 0.15) is 6.04 Å². The lowest BCUT2D eigenvalue weighted by atomic mass is 10.1. The van der Waals surface area contributed by atoms with Gasteiger partial charge in [0.15, 0.2) is 0 Å². The van der Waals surface area contributed by atoms with E-state index in [1.165, 1.54) is 0 Å². The van der Waals surface area contributed by atoms with Crippen molar-refractivity contribution in [2.45, 2.75) is 64.6 Å². The van der Waals surface area contributed by atoms with Crippen molar-refractivity contribution in [1.29, 1.82) is 0 Å². The number of amides is 1. The maximum atomic E-state index is 11.9. The van der Waals surface area contributed by atoms with Crippen molar-refractivity contribution in [3.8, 4) is 0 Å². The Hall–Kier alpha value is -1.10. The third-order valence-electron chi connectivity index (χ3n) is 3.28. The van der Waals surface area contributed by atoms with Gasteiger partial charge in [-0.1, -0.05) is 13.8 Å². The highest BCUT2D eigenvalue weighted by atomic mass is 16.5. The fourth-order valence-electron chi connectivity index (χ4n) is 1.87. The van der Waals surface area contributed by atoms with Crippen LogP contribution in [0.15, 0.2) is 0 Å². The summed E-state index contributed by atoms with van der Waals surface area (Å²) in [5, 5.41) is 5.87. The lowest BCUT2D eigenvalue weighted by molar-refractivity contribution is -0.152. The van der Waals surface area contributed by atoms with E-state index in [2.05, 4.69) is 10.6 Å². The number of carbonyl (C=O) groups excluding carboxylic acids is 2. The molecule has 1 unspecified atom stereocenters. The third kappa shape index (κ3) is 4.29. The van der Waals surface area contributed by atoms with Crippen LogP contribution in [0, 0.1) is 0 Å². The fraction of sp³-hybridized carbons (Fsp3) is 0.846.